The molecule has 2 rings (SSSR count). The van der Waals surface area contributed by atoms with Crippen LogP contribution in [0.5, 0.6) is 0 Å². The fourth-order valence-corrected chi connectivity index (χ4v) is 2.69. The molecule has 0 N–H and O–H groups in total. The van der Waals surface area contributed by atoms with E-state index in [2.05, 4.69) is 17.0 Å². The molecule has 0 aromatic carbocycles. The molecule has 0 aliphatic carbocycles. The minimum atomic E-state index is 0.714. The predicted molar refractivity (Wildman–Crippen MR) is 65.4 cm³/mol. The van der Waals surface area contributed by atoms with E-state index in [1.165, 1.54) is 12.1 Å². The van der Waals surface area contributed by atoms with Gasteiger partial charge in [0, 0.05) is 29.1 Å². The first-order valence-electron chi connectivity index (χ1n) is 6.27. The summed E-state index contributed by atoms with van der Waals surface area (Å²) in [6.07, 6.45) is 5.95. The number of hydrogen-bond acceptors (Lipinski definition) is 3. The standard InChI is InChI=1S/C14H17N3/c1-11-12(9-15)6-7-13(10-16)14-5-3-2-4-8-17(11)14/h2-8H2,1H3. The lowest BCUT2D eigenvalue weighted by Gasteiger charge is -2.26. The molecule has 0 amide bonds. The van der Waals surface area contributed by atoms with Gasteiger partial charge in [0.05, 0.1) is 12.1 Å². The predicted octanol–water partition coefficient (Wildman–Crippen LogP) is 3.23. The van der Waals surface area contributed by atoms with Crippen molar-refractivity contribution in [3.05, 3.63) is 22.5 Å². The highest BCUT2D eigenvalue weighted by Crippen LogP contribution is 2.33. The van der Waals surface area contributed by atoms with Crippen molar-refractivity contribution in [3.8, 4) is 12.1 Å². The fraction of sp³-hybridized carbons (Fsp3) is 0.571. The molecule has 0 radical (unpaired) electrons. The third-order valence-electron chi connectivity index (χ3n) is 3.71. The summed E-state index contributed by atoms with van der Waals surface area (Å²) in [5.74, 6) is 0. The summed E-state index contributed by atoms with van der Waals surface area (Å²) in [7, 11) is 0. The third kappa shape index (κ3) is 2.19. The molecule has 88 valence electrons. The van der Waals surface area contributed by atoms with Crippen LogP contribution in [-0.2, 0) is 0 Å². The quantitative estimate of drug-likeness (QED) is 0.638. The van der Waals surface area contributed by atoms with E-state index in [1.54, 1.807) is 0 Å². The van der Waals surface area contributed by atoms with Crippen LogP contribution < -0.4 is 0 Å². The molecule has 0 bridgehead atoms. The van der Waals surface area contributed by atoms with Gasteiger partial charge in [0.15, 0.2) is 0 Å². The highest BCUT2D eigenvalue weighted by Gasteiger charge is 2.24. The Kier molecular flexibility index (Phi) is 3.49. The van der Waals surface area contributed by atoms with Crippen LogP contribution in [0.15, 0.2) is 22.5 Å². The van der Waals surface area contributed by atoms with E-state index in [0.29, 0.717) is 6.42 Å². The Labute approximate surface area is 103 Å². The average Bonchev–Trinajstić information content (AvgIpc) is 2.64. The first-order valence-corrected chi connectivity index (χ1v) is 6.27. The van der Waals surface area contributed by atoms with Crippen molar-refractivity contribution in [2.24, 2.45) is 0 Å². The molecule has 0 unspecified atom stereocenters. The second kappa shape index (κ2) is 5.06. The van der Waals surface area contributed by atoms with Crippen molar-refractivity contribution in [2.45, 2.75) is 45.4 Å². The van der Waals surface area contributed by atoms with E-state index < -0.39 is 0 Å². The molecular weight excluding hydrogens is 210 g/mol. The van der Waals surface area contributed by atoms with Crippen LogP contribution in [-0.4, -0.2) is 11.4 Å². The minimum absolute atomic E-state index is 0.714. The van der Waals surface area contributed by atoms with Gasteiger partial charge in [-0.1, -0.05) is 6.42 Å². The number of nitriles is 2. The van der Waals surface area contributed by atoms with E-state index in [0.717, 1.165) is 49.1 Å². The molecule has 3 heteroatoms. The monoisotopic (exact) mass is 227 g/mol. The third-order valence-corrected chi connectivity index (χ3v) is 3.71. The Morgan fingerprint density at radius 1 is 0.941 bits per heavy atom. The van der Waals surface area contributed by atoms with E-state index in [-0.39, 0.29) is 0 Å². The second-order valence-corrected chi connectivity index (χ2v) is 4.68. The second-order valence-electron chi connectivity index (χ2n) is 4.68. The molecule has 0 aromatic heterocycles. The molecule has 2 aliphatic rings. The lowest BCUT2D eigenvalue weighted by atomic mass is 10.0. The number of rotatable bonds is 0. The molecule has 0 saturated carbocycles. The van der Waals surface area contributed by atoms with E-state index in [1.807, 2.05) is 6.92 Å². The largest absolute Gasteiger partial charge is 0.347 e. The van der Waals surface area contributed by atoms with Gasteiger partial charge in [0.1, 0.15) is 0 Å². The molecule has 2 aliphatic heterocycles. The first kappa shape index (κ1) is 11.7. The summed E-state index contributed by atoms with van der Waals surface area (Å²) in [5.41, 5.74) is 3.97. The fourth-order valence-electron chi connectivity index (χ4n) is 2.69. The summed E-state index contributed by atoms with van der Waals surface area (Å²) >= 11 is 0. The van der Waals surface area contributed by atoms with Gasteiger partial charge >= 0.3 is 0 Å². The van der Waals surface area contributed by atoms with Crippen molar-refractivity contribution < 1.29 is 0 Å². The highest BCUT2D eigenvalue weighted by molar-refractivity contribution is 5.38. The summed E-state index contributed by atoms with van der Waals surface area (Å²) in [5, 5.41) is 18.4. The molecule has 3 nitrogen and oxygen atoms in total. The van der Waals surface area contributed by atoms with Crippen LogP contribution in [0.4, 0.5) is 0 Å². The molecule has 2 heterocycles. The smallest absolute Gasteiger partial charge is 0.0965 e. The molecular formula is C14H17N3. The highest BCUT2D eigenvalue weighted by atomic mass is 15.2. The van der Waals surface area contributed by atoms with Gasteiger partial charge in [0.2, 0.25) is 0 Å². The van der Waals surface area contributed by atoms with Crippen molar-refractivity contribution in [3.63, 3.8) is 0 Å². The first-order chi connectivity index (χ1) is 8.27. The molecule has 1 fully saturated rings. The van der Waals surface area contributed by atoms with Gasteiger partial charge in [-0.3, -0.25) is 0 Å². The molecule has 0 atom stereocenters. The van der Waals surface area contributed by atoms with Gasteiger partial charge in [-0.2, -0.15) is 10.5 Å². The van der Waals surface area contributed by atoms with Crippen LogP contribution in [0.25, 0.3) is 0 Å². The Hall–Kier alpha value is -1.74. The summed E-state index contributed by atoms with van der Waals surface area (Å²) in [4.78, 5) is 2.22. The lowest BCUT2D eigenvalue weighted by Crippen LogP contribution is -2.22. The zero-order chi connectivity index (χ0) is 12.3. The summed E-state index contributed by atoms with van der Waals surface area (Å²) in [6.45, 7) is 2.97. The topological polar surface area (TPSA) is 50.8 Å². The maximum atomic E-state index is 9.26. The zero-order valence-electron chi connectivity index (χ0n) is 10.3. The SMILES string of the molecule is CC1=C(C#N)CCC(C#N)=C2CCCCCN12. The van der Waals surface area contributed by atoms with Crippen molar-refractivity contribution >= 4 is 0 Å². The van der Waals surface area contributed by atoms with Gasteiger partial charge in [0.25, 0.3) is 0 Å². The summed E-state index contributed by atoms with van der Waals surface area (Å²) < 4.78 is 0. The number of fused-ring (bicyclic) bond motifs is 1. The van der Waals surface area contributed by atoms with Crippen LogP contribution in [0.1, 0.15) is 45.4 Å². The van der Waals surface area contributed by atoms with Gasteiger partial charge in [-0.15, -0.1) is 0 Å². The zero-order valence-corrected chi connectivity index (χ0v) is 10.3. The maximum absolute atomic E-state index is 9.26. The average molecular weight is 227 g/mol. The Balaban J connectivity index is 2.47. The number of nitrogens with zero attached hydrogens (tertiary/aromatic N) is 3. The van der Waals surface area contributed by atoms with E-state index in [4.69, 9.17) is 0 Å². The van der Waals surface area contributed by atoms with Gasteiger partial charge < -0.3 is 4.90 Å². The van der Waals surface area contributed by atoms with Gasteiger partial charge in [-0.25, -0.2) is 0 Å². The Morgan fingerprint density at radius 3 is 2.35 bits per heavy atom. The Morgan fingerprint density at radius 2 is 1.65 bits per heavy atom. The van der Waals surface area contributed by atoms with E-state index >= 15 is 0 Å². The molecule has 0 aromatic rings. The van der Waals surface area contributed by atoms with Gasteiger partial charge in [-0.05, 0) is 39.0 Å². The van der Waals surface area contributed by atoms with Crippen LogP contribution in [0, 0.1) is 22.7 Å². The lowest BCUT2D eigenvalue weighted by molar-refractivity contribution is 0.423. The van der Waals surface area contributed by atoms with Crippen molar-refractivity contribution in [1.29, 1.82) is 10.5 Å². The van der Waals surface area contributed by atoms with Crippen LogP contribution in [0.2, 0.25) is 0 Å². The van der Waals surface area contributed by atoms with Crippen molar-refractivity contribution in [1.82, 2.24) is 4.90 Å². The molecule has 1 saturated heterocycles. The number of hydrogen-bond donors (Lipinski definition) is 0. The maximum Gasteiger partial charge on any atom is 0.0965 e. The number of allylic oxidation sites excluding steroid dienone is 4. The molecule has 0 spiro atoms. The molecule has 17 heavy (non-hydrogen) atoms. The minimum Gasteiger partial charge on any atom is -0.347 e. The van der Waals surface area contributed by atoms with Crippen LogP contribution in [0.3, 0.4) is 0 Å². The Bertz CT molecular complexity index is 457. The van der Waals surface area contributed by atoms with Crippen molar-refractivity contribution in [2.75, 3.05) is 6.54 Å². The normalized spacial score (nSPS) is 21.2. The van der Waals surface area contributed by atoms with E-state index in [9.17, 15) is 10.5 Å². The van der Waals surface area contributed by atoms with Crippen LogP contribution >= 0.6 is 0 Å². The summed E-state index contributed by atoms with van der Waals surface area (Å²) in [6, 6.07) is 4.63.